The van der Waals surface area contributed by atoms with Gasteiger partial charge in [-0.05, 0) is 61.2 Å². The summed E-state index contributed by atoms with van der Waals surface area (Å²) in [7, 11) is 0. The van der Waals surface area contributed by atoms with Crippen molar-refractivity contribution in [2.75, 3.05) is 6.61 Å². The Balaban J connectivity index is 1.41. The molecular formula is C52H58N2O16. The van der Waals surface area contributed by atoms with Gasteiger partial charge in [0.25, 0.3) is 5.91 Å². The molecule has 70 heavy (non-hydrogen) atoms. The van der Waals surface area contributed by atoms with Crippen molar-refractivity contribution in [3.63, 3.8) is 0 Å². The number of fused-ring (bicyclic) bond motifs is 5. The molecule has 0 unspecified atom stereocenters. The highest BCUT2D eigenvalue weighted by Crippen LogP contribution is 2.65. The molecule has 3 aromatic rings. The molecular weight excluding hydrogens is 909 g/mol. The molecule has 18 heteroatoms. The number of nitrogens with two attached hydrogens (primary N) is 1. The van der Waals surface area contributed by atoms with E-state index in [1.807, 2.05) is 0 Å². The summed E-state index contributed by atoms with van der Waals surface area (Å²) in [5, 5.41) is 28.6. The number of esters is 5. The number of nitrogens with one attached hydrogen (secondary N) is 1. The molecule has 4 aliphatic rings. The van der Waals surface area contributed by atoms with Crippen LogP contribution in [-0.2, 0) is 57.2 Å². The van der Waals surface area contributed by atoms with Crippen molar-refractivity contribution in [2.45, 2.75) is 128 Å². The molecule has 0 radical (unpaired) electrons. The van der Waals surface area contributed by atoms with Gasteiger partial charge in [0.05, 0.1) is 29.5 Å². The van der Waals surface area contributed by atoms with Gasteiger partial charge in [0.15, 0.2) is 23.6 Å². The number of ether oxygens (including phenoxy) is 6. The third-order valence-corrected chi connectivity index (χ3v) is 14.5. The first-order chi connectivity index (χ1) is 33.1. The lowest BCUT2D eigenvalue weighted by Gasteiger charge is -2.67. The van der Waals surface area contributed by atoms with Crippen molar-refractivity contribution < 1.29 is 77.0 Å². The minimum Gasteiger partial charge on any atom is -0.461 e. The summed E-state index contributed by atoms with van der Waals surface area (Å²) in [5.74, 6) is -8.75. The molecule has 3 fully saturated rings. The molecule has 1 saturated heterocycles. The highest BCUT2D eigenvalue weighted by Gasteiger charge is 2.79. The van der Waals surface area contributed by atoms with E-state index >= 15 is 4.79 Å². The number of aliphatic hydroxyl groups excluding tert-OH is 1. The lowest BCUT2D eigenvalue weighted by molar-refractivity contribution is -0.346. The normalized spacial score (nSPS) is 29.4. The van der Waals surface area contributed by atoms with Crippen LogP contribution in [0, 0.1) is 16.7 Å². The predicted molar refractivity (Wildman–Crippen MR) is 245 cm³/mol. The van der Waals surface area contributed by atoms with Gasteiger partial charge in [-0.1, -0.05) is 80.6 Å². The first-order valence-electron chi connectivity index (χ1n) is 23.1. The van der Waals surface area contributed by atoms with Gasteiger partial charge in [-0.3, -0.25) is 28.8 Å². The third-order valence-electron chi connectivity index (χ3n) is 14.5. The number of primary amides is 1. The smallest absolute Gasteiger partial charge is 0.338 e. The van der Waals surface area contributed by atoms with E-state index in [2.05, 4.69) is 5.32 Å². The van der Waals surface area contributed by atoms with Gasteiger partial charge in [-0.25, -0.2) is 9.59 Å². The Hall–Kier alpha value is -6.76. The van der Waals surface area contributed by atoms with Crippen molar-refractivity contribution in [1.82, 2.24) is 5.32 Å². The second-order valence-corrected chi connectivity index (χ2v) is 19.1. The number of carbonyl (C=O) groups excluding carboxylic acids is 8. The van der Waals surface area contributed by atoms with E-state index in [0.29, 0.717) is 5.56 Å². The molecule has 7 rings (SSSR count). The topological polar surface area (TPSA) is 270 Å². The number of hydrogen-bond acceptors (Lipinski definition) is 16. The summed E-state index contributed by atoms with van der Waals surface area (Å²) < 4.78 is 37.0. The second kappa shape index (κ2) is 19.9. The number of hydrogen-bond donors (Lipinski definition) is 4. The fraction of sp³-hybridized carbons (Fsp3) is 0.462. The molecule has 5 N–H and O–H groups in total. The van der Waals surface area contributed by atoms with Crippen molar-refractivity contribution in [3.8, 4) is 0 Å². The molecule has 372 valence electrons. The minimum absolute atomic E-state index is 0.00000539. The average molecular weight is 967 g/mol. The zero-order valence-electron chi connectivity index (χ0n) is 39.7. The van der Waals surface area contributed by atoms with Gasteiger partial charge >= 0.3 is 29.8 Å². The predicted octanol–water partition coefficient (Wildman–Crippen LogP) is 3.94. The standard InChI is InChI=1S/C52H58N2O16/c1-28-34(67-48(63)41(59)40(31-17-10-7-11-18-31)54-46(61)32-19-12-8-13-20-32)26-52(64)45(69-47(62)33-21-14-9-15-22-33)43-50(6,44(60)42(66-29(2)55)39(28)49(52,4)5)35(68-38(58)24-16-23-37(53)57)25-36-51(43,27-65-36)70-30(3)56/h7-15,17-22,34-36,40-43,45,59,64H,16,23-27H2,1-6H3,(H2,53,57)(H,54,61)/t34-,35-,36+,40-,41+,42+,43-,45-,50+,51-,52+/m0/s1. The van der Waals surface area contributed by atoms with E-state index in [1.54, 1.807) is 78.9 Å². The van der Waals surface area contributed by atoms with Gasteiger partial charge in [0, 0.05) is 50.5 Å². The van der Waals surface area contributed by atoms with Crippen LogP contribution in [0.5, 0.6) is 0 Å². The molecule has 11 atom stereocenters. The third kappa shape index (κ3) is 9.34. The van der Waals surface area contributed by atoms with Crippen LogP contribution in [-0.4, -0.2) is 112 Å². The molecule has 3 aliphatic carbocycles. The zero-order valence-corrected chi connectivity index (χ0v) is 39.7. The number of carbonyl (C=O) groups is 8. The number of Topliss-reactive ketones (excluding diaryl/α,β-unsaturated/α-hetero) is 1. The van der Waals surface area contributed by atoms with Crippen LogP contribution >= 0.6 is 0 Å². The van der Waals surface area contributed by atoms with E-state index in [4.69, 9.17) is 34.2 Å². The lowest BCUT2D eigenvalue weighted by atomic mass is 9.44. The fourth-order valence-electron chi connectivity index (χ4n) is 11.0. The number of aliphatic hydroxyl groups is 2. The van der Waals surface area contributed by atoms with E-state index in [9.17, 15) is 43.8 Å². The van der Waals surface area contributed by atoms with E-state index in [-0.39, 0.29) is 54.6 Å². The van der Waals surface area contributed by atoms with Crippen LogP contribution in [0.3, 0.4) is 0 Å². The number of ketones is 1. The summed E-state index contributed by atoms with van der Waals surface area (Å²) in [6.45, 7) is 7.75. The molecule has 3 aromatic carbocycles. The Bertz CT molecular complexity index is 2570. The van der Waals surface area contributed by atoms with Crippen LogP contribution in [0.1, 0.15) is 106 Å². The van der Waals surface area contributed by atoms with Gasteiger partial charge in [0.1, 0.15) is 30.0 Å². The maximum absolute atomic E-state index is 16.1. The summed E-state index contributed by atoms with van der Waals surface area (Å²) in [6.07, 6.45) is -11.5. The molecule has 1 heterocycles. The van der Waals surface area contributed by atoms with Gasteiger partial charge in [-0.2, -0.15) is 0 Å². The lowest BCUT2D eigenvalue weighted by Crippen LogP contribution is -2.82. The average Bonchev–Trinajstić information content (AvgIpc) is 3.31. The largest absolute Gasteiger partial charge is 0.461 e. The monoisotopic (exact) mass is 966 g/mol. The molecule has 2 amide bonds. The second-order valence-electron chi connectivity index (χ2n) is 19.1. The van der Waals surface area contributed by atoms with E-state index in [1.165, 1.54) is 39.8 Å². The fourth-order valence-corrected chi connectivity index (χ4v) is 11.0. The maximum atomic E-state index is 16.1. The Morgan fingerprint density at radius 2 is 1.41 bits per heavy atom. The van der Waals surface area contributed by atoms with Crippen LogP contribution in [0.15, 0.2) is 102 Å². The van der Waals surface area contributed by atoms with Crippen molar-refractivity contribution in [3.05, 3.63) is 119 Å². The first kappa shape index (κ1) is 51.1. The van der Waals surface area contributed by atoms with E-state index in [0.717, 1.165) is 13.8 Å². The molecule has 2 bridgehead atoms. The van der Waals surface area contributed by atoms with Crippen molar-refractivity contribution >= 4 is 47.4 Å². The summed E-state index contributed by atoms with van der Waals surface area (Å²) >= 11 is 0. The Morgan fingerprint density at radius 1 is 0.814 bits per heavy atom. The van der Waals surface area contributed by atoms with Gasteiger partial charge < -0.3 is 49.7 Å². The van der Waals surface area contributed by atoms with Crippen molar-refractivity contribution in [1.29, 1.82) is 0 Å². The molecule has 18 nitrogen and oxygen atoms in total. The van der Waals surface area contributed by atoms with Crippen LogP contribution in [0.4, 0.5) is 0 Å². The molecule has 1 aliphatic heterocycles. The quantitative estimate of drug-likeness (QED) is 0.0954. The van der Waals surface area contributed by atoms with Crippen LogP contribution in [0.25, 0.3) is 0 Å². The Morgan fingerprint density at radius 3 is 1.97 bits per heavy atom. The number of rotatable bonds is 15. The molecule has 2 saturated carbocycles. The summed E-state index contributed by atoms with van der Waals surface area (Å²) in [6, 6.07) is 22.6. The molecule has 0 aromatic heterocycles. The molecule has 0 spiro atoms. The first-order valence-corrected chi connectivity index (χ1v) is 23.1. The van der Waals surface area contributed by atoms with Crippen LogP contribution < -0.4 is 11.1 Å². The summed E-state index contributed by atoms with van der Waals surface area (Å²) in [5.41, 5.74) is -2.33. The Kier molecular flexibility index (Phi) is 14.5. The van der Waals surface area contributed by atoms with Crippen LogP contribution in [0.2, 0.25) is 0 Å². The van der Waals surface area contributed by atoms with E-state index < -0.39 is 124 Å². The highest BCUT2D eigenvalue weighted by atomic mass is 16.6. The minimum atomic E-state index is -2.49. The maximum Gasteiger partial charge on any atom is 0.338 e. The zero-order chi connectivity index (χ0) is 50.9. The van der Waals surface area contributed by atoms with Crippen molar-refractivity contribution in [2.24, 2.45) is 22.5 Å². The summed E-state index contributed by atoms with van der Waals surface area (Å²) in [4.78, 5) is 110. The van der Waals surface area contributed by atoms with Gasteiger partial charge in [0.2, 0.25) is 5.91 Å². The number of amides is 2. The highest BCUT2D eigenvalue weighted by molar-refractivity contribution is 5.96. The Labute approximate surface area is 404 Å². The van der Waals surface area contributed by atoms with Gasteiger partial charge in [-0.15, -0.1) is 0 Å². The number of benzene rings is 3. The SMILES string of the molecule is CC(=O)O[C@H]1C(=O)[C@]2(C)[C@@H](OC(=O)CCCC(N)=O)C[C@H]3OC[C@@]3(OC(C)=O)[C@H]2[C@H](OC(=O)c2ccccc2)[C@]2(O)C[C@H](OC(=O)[C@H](O)[C@@H](NC(=O)c3ccccc3)c3ccccc3)C(C)=C1C2(C)C.